The fraction of sp³-hybridized carbons (Fsp3) is 0.438. The highest BCUT2D eigenvalue weighted by molar-refractivity contribution is 5.22. The molecule has 0 aliphatic heterocycles. The SMILES string of the molecule is CCn1nc(C)cc1CC(Cc1ccc(C)cc1)NN. The summed E-state index contributed by atoms with van der Waals surface area (Å²) in [5.74, 6) is 5.72. The summed E-state index contributed by atoms with van der Waals surface area (Å²) < 4.78 is 2.05. The molecule has 2 aromatic rings. The molecular weight excluding hydrogens is 248 g/mol. The molecule has 2 rings (SSSR count). The van der Waals surface area contributed by atoms with E-state index in [1.807, 2.05) is 6.92 Å². The highest BCUT2D eigenvalue weighted by Gasteiger charge is 2.13. The van der Waals surface area contributed by atoms with Gasteiger partial charge in [0.2, 0.25) is 0 Å². The number of nitrogens with one attached hydrogen (secondary N) is 1. The van der Waals surface area contributed by atoms with Crippen molar-refractivity contribution >= 4 is 0 Å². The summed E-state index contributed by atoms with van der Waals surface area (Å²) in [6.45, 7) is 7.14. The standard InChI is InChI=1S/C16H24N4/c1-4-20-16(9-13(3)19-20)11-15(18-17)10-14-7-5-12(2)6-8-14/h5-9,15,18H,4,10-11,17H2,1-3H3. The Bertz CT molecular complexity index is 542. The highest BCUT2D eigenvalue weighted by Crippen LogP contribution is 2.11. The highest BCUT2D eigenvalue weighted by atomic mass is 15.3. The first-order valence-corrected chi connectivity index (χ1v) is 7.17. The average Bonchev–Trinajstić information content (AvgIpc) is 2.80. The molecule has 1 aromatic heterocycles. The molecule has 0 fully saturated rings. The second-order valence-corrected chi connectivity index (χ2v) is 5.35. The van der Waals surface area contributed by atoms with E-state index in [1.165, 1.54) is 16.8 Å². The summed E-state index contributed by atoms with van der Waals surface area (Å²) in [4.78, 5) is 0. The predicted octanol–water partition coefficient (Wildman–Crippen LogP) is 2.14. The zero-order valence-electron chi connectivity index (χ0n) is 12.6. The Morgan fingerprint density at radius 2 is 1.90 bits per heavy atom. The van der Waals surface area contributed by atoms with Gasteiger partial charge < -0.3 is 0 Å². The minimum Gasteiger partial charge on any atom is -0.271 e. The fourth-order valence-electron chi connectivity index (χ4n) is 2.49. The summed E-state index contributed by atoms with van der Waals surface area (Å²) in [5.41, 5.74) is 7.82. The van der Waals surface area contributed by atoms with Crippen molar-refractivity contribution in [2.75, 3.05) is 0 Å². The quantitative estimate of drug-likeness (QED) is 0.626. The van der Waals surface area contributed by atoms with Gasteiger partial charge in [-0.25, -0.2) is 0 Å². The van der Waals surface area contributed by atoms with Gasteiger partial charge in [0.05, 0.1) is 5.69 Å². The summed E-state index contributed by atoms with van der Waals surface area (Å²) in [7, 11) is 0. The molecule has 108 valence electrons. The summed E-state index contributed by atoms with van der Waals surface area (Å²) >= 11 is 0. The van der Waals surface area contributed by atoms with Crippen molar-refractivity contribution in [1.29, 1.82) is 0 Å². The molecule has 0 saturated heterocycles. The third-order valence-electron chi connectivity index (χ3n) is 3.58. The van der Waals surface area contributed by atoms with E-state index < -0.39 is 0 Å². The molecule has 1 aromatic carbocycles. The minimum absolute atomic E-state index is 0.221. The van der Waals surface area contributed by atoms with Gasteiger partial charge in [-0.05, 0) is 38.8 Å². The molecule has 1 unspecified atom stereocenters. The third kappa shape index (κ3) is 3.68. The molecule has 0 aliphatic rings. The van der Waals surface area contributed by atoms with Crippen LogP contribution >= 0.6 is 0 Å². The molecule has 0 aliphatic carbocycles. The molecular formula is C16H24N4. The average molecular weight is 272 g/mol. The normalized spacial score (nSPS) is 12.6. The Kier molecular flexibility index (Phi) is 4.93. The lowest BCUT2D eigenvalue weighted by molar-refractivity contribution is 0.496. The van der Waals surface area contributed by atoms with E-state index in [0.29, 0.717) is 0 Å². The number of nitrogens with zero attached hydrogens (tertiary/aromatic N) is 2. The maximum atomic E-state index is 5.72. The van der Waals surface area contributed by atoms with Crippen LogP contribution in [0.5, 0.6) is 0 Å². The van der Waals surface area contributed by atoms with E-state index in [-0.39, 0.29) is 6.04 Å². The Hall–Kier alpha value is -1.65. The van der Waals surface area contributed by atoms with Crippen molar-refractivity contribution in [3.8, 4) is 0 Å². The molecule has 20 heavy (non-hydrogen) atoms. The largest absolute Gasteiger partial charge is 0.271 e. The van der Waals surface area contributed by atoms with Crippen LogP contribution in [0.4, 0.5) is 0 Å². The summed E-state index contributed by atoms with van der Waals surface area (Å²) in [6.07, 6.45) is 1.81. The van der Waals surface area contributed by atoms with Crippen molar-refractivity contribution in [2.24, 2.45) is 5.84 Å². The van der Waals surface area contributed by atoms with Crippen LogP contribution in [0.2, 0.25) is 0 Å². The number of aromatic nitrogens is 2. The van der Waals surface area contributed by atoms with Crippen LogP contribution in [0.15, 0.2) is 30.3 Å². The van der Waals surface area contributed by atoms with E-state index in [9.17, 15) is 0 Å². The van der Waals surface area contributed by atoms with Crippen LogP contribution in [-0.2, 0) is 19.4 Å². The van der Waals surface area contributed by atoms with Crippen molar-refractivity contribution in [3.63, 3.8) is 0 Å². The van der Waals surface area contributed by atoms with Crippen LogP contribution in [-0.4, -0.2) is 15.8 Å². The van der Waals surface area contributed by atoms with Crippen molar-refractivity contribution in [2.45, 2.75) is 46.2 Å². The number of hydrogen-bond acceptors (Lipinski definition) is 3. The van der Waals surface area contributed by atoms with Crippen molar-refractivity contribution in [1.82, 2.24) is 15.2 Å². The van der Waals surface area contributed by atoms with E-state index in [2.05, 4.69) is 59.4 Å². The topological polar surface area (TPSA) is 55.9 Å². The third-order valence-corrected chi connectivity index (χ3v) is 3.58. The first-order chi connectivity index (χ1) is 9.62. The zero-order chi connectivity index (χ0) is 14.5. The maximum Gasteiger partial charge on any atom is 0.0596 e. The lowest BCUT2D eigenvalue weighted by Crippen LogP contribution is -2.39. The van der Waals surface area contributed by atoms with Gasteiger partial charge in [0.1, 0.15) is 0 Å². The second kappa shape index (κ2) is 6.68. The molecule has 4 nitrogen and oxygen atoms in total. The molecule has 0 saturated carbocycles. The van der Waals surface area contributed by atoms with Crippen LogP contribution in [0.1, 0.15) is 29.4 Å². The number of hydrogen-bond donors (Lipinski definition) is 2. The summed E-state index contributed by atoms with van der Waals surface area (Å²) in [6, 6.07) is 11.0. The number of hydrazine groups is 1. The molecule has 3 N–H and O–H groups in total. The van der Waals surface area contributed by atoms with Gasteiger partial charge in [0.25, 0.3) is 0 Å². The number of aryl methyl sites for hydroxylation is 3. The smallest absolute Gasteiger partial charge is 0.0596 e. The number of benzene rings is 1. The van der Waals surface area contributed by atoms with Gasteiger partial charge in [0, 0.05) is 24.7 Å². The molecule has 1 atom stereocenters. The molecule has 0 bridgehead atoms. The molecule has 1 heterocycles. The maximum absolute atomic E-state index is 5.72. The Balaban J connectivity index is 2.06. The Morgan fingerprint density at radius 1 is 1.20 bits per heavy atom. The van der Waals surface area contributed by atoms with E-state index >= 15 is 0 Å². The first-order valence-electron chi connectivity index (χ1n) is 7.17. The first kappa shape index (κ1) is 14.8. The fourth-order valence-corrected chi connectivity index (χ4v) is 2.49. The van der Waals surface area contributed by atoms with Crippen LogP contribution in [0.3, 0.4) is 0 Å². The Morgan fingerprint density at radius 3 is 2.50 bits per heavy atom. The van der Waals surface area contributed by atoms with Crippen molar-refractivity contribution < 1.29 is 0 Å². The van der Waals surface area contributed by atoms with Crippen LogP contribution in [0, 0.1) is 13.8 Å². The predicted molar refractivity (Wildman–Crippen MR) is 82.3 cm³/mol. The zero-order valence-corrected chi connectivity index (χ0v) is 12.6. The van der Waals surface area contributed by atoms with Gasteiger partial charge in [-0.1, -0.05) is 29.8 Å². The van der Waals surface area contributed by atoms with Crippen molar-refractivity contribution in [3.05, 3.63) is 52.8 Å². The lowest BCUT2D eigenvalue weighted by atomic mass is 10.0. The van der Waals surface area contributed by atoms with Gasteiger partial charge in [-0.15, -0.1) is 0 Å². The van der Waals surface area contributed by atoms with Crippen LogP contribution < -0.4 is 11.3 Å². The van der Waals surface area contributed by atoms with E-state index in [0.717, 1.165) is 25.1 Å². The van der Waals surface area contributed by atoms with Gasteiger partial charge in [-0.2, -0.15) is 5.10 Å². The number of rotatable bonds is 6. The molecule has 0 spiro atoms. The molecule has 4 heteroatoms. The lowest BCUT2D eigenvalue weighted by Gasteiger charge is -2.16. The van der Waals surface area contributed by atoms with Gasteiger partial charge in [0.15, 0.2) is 0 Å². The van der Waals surface area contributed by atoms with Crippen LogP contribution in [0.25, 0.3) is 0 Å². The molecule has 0 amide bonds. The monoisotopic (exact) mass is 272 g/mol. The van der Waals surface area contributed by atoms with Gasteiger partial charge in [-0.3, -0.25) is 16.0 Å². The van der Waals surface area contributed by atoms with Gasteiger partial charge >= 0.3 is 0 Å². The Labute approximate surface area is 121 Å². The number of nitrogens with two attached hydrogens (primary N) is 1. The summed E-state index contributed by atoms with van der Waals surface area (Å²) in [5, 5.41) is 4.48. The molecule has 0 radical (unpaired) electrons. The van der Waals surface area contributed by atoms with E-state index in [1.54, 1.807) is 0 Å². The van der Waals surface area contributed by atoms with E-state index in [4.69, 9.17) is 5.84 Å². The second-order valence-electron chi connectivity index (χ2n) is 5.35. The minimum atomic E-state index is 0.221.